The van der Waals surface area contributed by atoms with Crippen LogP contribution >= 0.6 is 0 Å². The molecule has 0 saturated heterocycles. The number of primary amides is 1. The molecule has 116 valence electrons. The van der Waals surface area contributed by atoms with Crippen LogP contribution in [-0.2, 0) is 14.4 Å². The van der Waals surface area contributed by atoms with Crippen LogP contribution in [-0.4, -0.2) is 28.9 Å². The van der Waals surface area contributed by atoms with Crippen LogP contribution in [0.15, 0.2) is 0 Å². The second-order valence-corrected chi connectivity index (χ2v) is 5.27. The molecule has 1 unspecified atom stereocenters. The van der Waals surface area contributed by atoms with Crippen LogP contribution in [0.3, 0.4) is 0 Å². The summed E-state index contributed by atoms with van der Waals surface area (Å²) in [6.07, 6.45) is 4.60. The van der Waals surface area contributed by atoms with Gasteiger partial charge in [0.15, 0.2) is 0 Å². The van der Waals surface area contributed by atoms with Gasteiger partial charge in [0, 0.05) is 12.8 Å². The van der Waals surface area contributed by atoms with Gasteiger partial charge in [0.2, 0.25) is 11.8 Å². The number of carbonyl (C=O) groups is 3. The highest BCUT2D eigenvalue weighted by atomic mass is 16.4. The Bertz CT molecular complexity index is 331. The Hall–Kier alpha value is -1.59. The van der Waals surface area contributed by atoms with Gasteiger partial charge in [-0.05, 0) is 12.3 Å². The summed E-state index contributed by atoms with van der Waals surface area (Å²) in [7, 11) is 0. The fourth-order valence-electron chi connectivity index (χ4n) is 1.96. The average molecular weight is 286 g/mol. The molecule has 0 spiro atoms. The first kappa shape index (κ1) is 18.4. The Morgan fingerprint density at radius 3 is 2.35 bits per heavy atom. The van der Waals surface area contributed by atoms with Crippen molar-refractivity contribution in [1.29, 1.82) is 0 Å². The molecule has 6 nitrogen and oxygen atoms in total. The first-order valence-corrected chi connectivity index (χ1v) is 7.17. The van der Waals surface area contributed by atoms with E-state index in [2.05, 4.69) is 12.2 Å². The monoisotopic (exact) mass is 286 g/mol. The zero-order chi connectivity index (χ0) is 15.5. The van der Waals surface area contributed by atoms with Gasteiger partial charge in [-0.1, -0.05) is 39.5 Å². The average Bonchev–Trinajstić information content (AvgIpc) is 2.34. The summed E-state index contributed by atoms with van der Waals surface area (Å²) >= 11 is 0. The van der Waals surface area contributed by atoms with Gasteiger partial charge in [0.1, 0.15) is 6.04 Å². The van der Waals surface area contributed by atoms with Crippen LogP contribution in [0.4, 0.5) is 0 Å². The lowest BCUT2D eigenvalue weighted by molar-refractivity contribution is -0.142. The molecule has 20 heavy (non-hydrogen) atoms. The molecular weight excluding hydrogens is 260 g/mol. The molecule has 0 aliphatic carbocycles. The molecule has 2 amide bonds. The quantitative estimate of drug-likeness (QED) is 0.499. The van der Waals surface area contributed by atoms with Crippen molar-refractivity contribution >= 4 is 17.8 Å². The van der Waals surface area contributed by atoms with E-state index in [-0.39, 0.29) is 24.7 Å². The highest BCUT2D eigenvalue weighted by Crippen LogP contribution is 2.13. The van der Waals surface area contributed by atoms with Crippen molar-refractivity contribution in [3.05, 3.63) is 0 Å². The molecule has 0 fully saturated rings. The molecule has 0 bridgehead atoms. The van der Waals surface area contributed by atoms with Crippen LogP contribution in [0, 0.1) is 5.92 Å². The van der Waals surface area contributed by atoms with E-state index >= 15 is 0 Å². The van der Waals surface area contributed by atoms with Crippen LogP contribution < -0.4 is 11.1 Å². The van der Waals surface area contributed by atoms with Crippen molar-refractivity contribution in [2.45, 2.75) is 64.8 Å². The van der Waals surface area contributed by atoms with Crippen molar-refractivity contribution < 1.29 is 19.5 Å². The van der Waals surface area contributed by atoms with Gasteiger partial charge in [-0.3, -0.25) is 9.59 Å². The van der Waals surface area contributed by atoms with E-state index in [0.717, 1.165) is 25.7 Å². The smallest absolute Gasteiger partial charge is 0.326 e. The molecule has 0 aliphatic rings. The highest BCUT2D eigenvalue weighted by molar-refractivity contribution is 5.84. The molecule has 2 atom stereocenters. The molecule has 6 heteroatoms. The topological polar surface area (TPSA) is 109 Å². The Morgan fingerprint density at radius 1 is 1.20 bits per heavy atom. The predicted molar refractivity (Wildman–Crippen MR) is 75.9 cm³/mol. The minimum Gasteiger partial charge on any atom is -0.480 e. The number of carbonyl (C=O) groups excluding carboxylic acids is 2. The predicted octanol–water partition coefficient (Wildman–Crippen LogP) is 1.43. The Labute approximate surface area is 120 Å². The third kappa shape index (κ3) is 9.35. The maximum atomic E-state index is 11.8. The van der Waals surface area contributed by atoms with Crippen LogP contribution in [0.5, 0.6) is 0 Å². The number of hydrogen-bond donors (Lipinski definition) is 3. The second-order valence-electron chi connectivity index (χ2n) is 5.27. The number of nitrogens with two attached hydrogens (primary N) is 1. The molecule has 0 aromatic heterocycles. The fraction of sp³-hybridized carbons (Fsp3) is 0.786. The third-order valence-corrected chi connectivity index (χ3v) is 3.15. The summed E-state index contributed by atoms with van der Waals surface area (Å²) in [5.41, 5.74) is 4.98. The van der Waals surface area contributed by atoms with Crippen molar-refractivity contribution in [3.63, 3.8) is 0 Å². The zero-order valence-corrected chi connectivity index (χ0v) is 12.4. The summed E-state index contributed by atoms with van der Waals surface area (Å²) in [5.74, 6) is -1.77. The number of carboxylic acid groups (broad SMARTS) is 1. The molecule has 0 heterocycles. The minimum atomic E-state index is -1.14. The molecule has 4 N–H and O–H groups in total. The van der Waals surface area contributed by atoms with E-state index in [1.54, 1.807) is 0 Å². The lowest BCUT2D eigenvalue weighted by Crippen LogP contribution is -2.41. The molecule has 0 aromatic carbocycles. The van der Waals surface area contributed by atoms with Crippen molar-refractivity contribution in [3.8, 4) is 0 Å². The summed E-state index contributed by atoms with van der Waals surface area (Å²) in [5, 5.41) is 11.4. The van der Waals surface area contributed by atoms with E-state index in [1.165, 1.54) is 0 Å². The molecule has 0 saturated carbocycles. The second kappa shape index (κ2) is 10.2. The standard InChI is InChI=1S/C14H26N2O4/c1-3-4-5-6-10(2)9-13(18)16-11(14(19)20)7-8-12(15)17/h10-11H,3-9H2,1-2H3,(H2,15,17)(H,16,18)(H,19,20)/t10?,11-/m0/s1. The number of hydrogen-bond acceptors (Lipinski definition) is 3. The van der Waals surface area contributed by atoms with E-state index in [9.17, 15) is 14.4 Å². The maximum absolute atomic E-state index is 11.8. The molecule has 0 rings (SSSR count). The number of carboxylic acids is 1. The van der Waals surface area contributed by atoms with E-state index < -0.39 is 17.9 Å². The van der Waals surface area contributed by atoms with Gasteiger partial charge in [-0.25, -0.2) is 4.79 Å². The number of amides is 2. The lowest BCUT2D eigenvalue weighted by Gasteiger charge is -2.16. The van der Waals surface area contributed by atoms with E-state index in [1.807, 2.05) is 6.92 Å². The van der Waals surface area contributed by atoms with Crippen LogP contribution in [0.2, 0.25) is 0 Å². The number of aliphatic carboxylic acids is 1. The Balaban J connectivity index is 4.11. The number of unbranched alkanes of at least 4 members (excludes halogenated alkanes) is 2. The lowest BCUT2D eigenvalue weighted by atomic mass is 9.99. The fourth-order valence-corrected chi connectivity index (χ4v) is 1.96. The van der Waals surface area contributed by atoms with Gasteiger partial charge in [-0.2, -0.15) is 0 Å². The van der Waals surface area contributed by atoms with Gasteiger partial charge in [-0.15, -0.1) is 0 Å². The van der Waals surface area contributed by atoms with Gasteiger partial charge < -0.3 is 16.2 Å². The third-order valence-electron chi connectivity index (χ3n) is 3.15. The minimum absolute atomic E-state index is 0.0284. The first-order valence-electron chi connectivity index (χ1n) is 7.17. The van der Waals surface area contributed by atoms with Gasteiger partial charge in [0.25, 0.3) is 0 Å². The van der Waals surface area contributed by atoms with E-state index in [0.29, 0.717) is 6.42 Å². The van der Waals surface area contributed by atoms with Crippen LogP contribution in [0.25, 0.3) is 0 Å². The zero-order valence-electron chi connectivity index (χ0n) is 12.4. The summed E-state index contributed by atoms with van der Waals surface area (Å²) < 4.78 is 0. The Kier molecular flexibility index (Phi) is 9.41. The van der Waals surface area contributed by atoms with Gasteiger partial charge in [0.05, 0.1) is 0 Å². The maximum Gasteiger partial charge on any atom is 0.326 e. The largest absolute Gasteiger partial charge is 0.480 e. The van der Waals surface area contributed by atoms with Crippen molar-refractivity contribution in [2.75, 3.05) is 0 Å². The highest BCUT2D eigenvalue weighted by Gasteiger charge is 2.21. The van der Waals surface area contributed by atoms with Crippen LogP contribution in [0.1, 0.15) is 58.8 Å². The number of rotatable bonds is 11. The SMILES string of the molecule is CCCCCC(C)CC(=O)N[C@@H](CCC(N)=O)C(=O)O. The first-order chi connectivity index (χ1) is 9.36. The van der Waals surface area contributed by atoms with Crippen molar-refractivity contribution in [2.24, 2.45) is 11.7 Å². The summed E-state index contributed by atoms with van der Waals surface area (Å²) in [6.45, 7) is 4.10. The summed E-state index contributed by atoms with van der Waals surface area (Å²) in [4.78, 5) is 33.4. The van der Waals surface area contributed by atoms with E-state index in [4.69, 9.17) is 10.8 Å². The molecule has 0 radical (unpaired) electrons. The summed E-state index contributed by atoms with van der Waals surface area (Å²) in [6, 6.07) is -1.04. The molecule has 0 aromatic rings. The van der Waals surface area contributed by atoms with Crippen molar-refractivity contribution in [1.82, 2.24) is 5.32 Å². The molecular formula is C14H26N2O4. The normalized spacial score (nSPS) is 13.5. The Morgan fingerprint density at radius 2 is 1.85 bits per heavy atom. The van der Waals surface area contributed by atoms with Gasteiger partial charge >= 0.3 is 5.97 Å². The number of nitrogens with one attached hydrogen (secondary N) is 1. The molecule has 0 aliphatic heterocycles.